The zero-order valence-electron chi connectivity index (χ0n) is 3.85. The van der Waals surface area contributed by atoms with E-state index in [1.54, 1.807) is 0 Å². The molecule has 7 heavy (non-hydrogen) atoms. The summed E-state index contributed by atoms with van der Waals surface area (Å²) in [5.74, 6) is 0.917. The Morgan fingerprint density at radius 1 is 1.86 bits per heavy atom. The molecule has 1 atom stereocenters. The highest BCUT2D eigenvalue weighted by Gasteiger charge is 2.17. The summed E-state index contributed by atoms with van der Waals surface area (Å²) in [7, 11) is 0. The van der Waals surface area contributed by atoms with Gasteiger partial charge in [-0.2, -0.15) is 0 Å². The van der Waals surface area contributed by atoms with E-state index in [0.29, 0.717) is 5.04 Å². The molecule has 1 heterocycles. The summed E-state index contributed by atoms with van der Waals surface area (Å²) in [4.78, 5) is 0. The SMILES string of the molecule is N=C1SCCC1O. The first-order valence-corrected chi connectivity index (χ1v) is 3.18. The molecule has 3 heteroatoms. The molecule has 2 N–H and O–H groups in total. The van der Waals surface area contributed by atoms with Gasteiger partial charge in [0.05, 0.1) is 5.04 Å². The summed E-state index contributed by atoms with van der Waals surface area (Å²) in [5.41, 5.74) is 0. The number of rotatable bonds is 0. The summed E-state index contributed by atoms with van der Waals surface area (Å²) in [5, 5.41) is 16.2. The van der Waals surface area contributed by atoms with Crippen LogP contribution in [0.1, 0.15) is 6.42 Å². The fourth-order valence-electron chi connectivity index (χ4n) is 0.508. The Kier molecular flexibility index (Phi) is 1.35. The van der Waals surface area contributed by atoms with Gasteiger partial charge in [0.15, 0.2) is 0 Å². The van der Waals surface area contributed by atoms with E-state index in [4.69, 9.17) is 10.5 Å². The number of hydrogen-bond acceptors (Lipinski definition) is 3. The topological polar surface area (TPSA) is 44.1 Å². The molecule has 0 saturated carbocycles. The standard InChI is InChI=1S/C4H7NOS/c5-4-3(6)1-2-7-4/h3,5-6H,1-2H2. The second-order valence-electron chi connectivity index (χ2n) is 1.52. The van der Waals surface area contributed by atoms with E-state index in [9.17, 15) is 0 Å². The minimum absolute atomic E-state index is 0.431. The van der Waals surface area contributed by atoms with Crippen LogP contribution in [-0.4, -0.2) is 22.0 Å². The van der Waals surface area contributed by atoms with E-state index >= 15 is 0 Å². The van der Waals surface area contributed by atoms with Crippen molar-refractivity contribution >= 4 is 16.8 Å². The number of aliphatic hydroxyl groups is 1. The van der Waals surface area contributed by atoms with Crippen molar-refractivity contribution in [2.45, 2.75) is 12.5 Å². The Labute approximate surface area is 46.4 Å². The van der Waals surface area contributed by atoms with E-state index < -0.39 is 6.10 Å². The summed E-state index contributed by atoms with van der Waals surface area (Å²) in [6.45, 7) is 0. The Balaban J connectivity index is 2.48. The van der Waals surface area contributed by atoms with Crippen molar-refractivity contribution in [3.05, 3.63) is 0 Å². The van der Waals surface area contributed by atoms with Gasteiger partial charge >= 0.3 is 0 Å². The molecule has 2 nitrogen and oxygen atoms in total. The Bertz CT molecular complexity index is 93.7. The first kappa shape index (κ1) is 5.12. The smallest absolute Gasteiger partial charge is 0.102 e. The lowest BCUT2D eigenvalue weighted by Crippen LogP contribution is -2.07. The highest BCUT2D eigenvalue weighted by molar-refractivity contribution is 8.14. The molecule has 0 radical (unpaired) electrons. The van der Waals surface area contributed by atoms with Crippen LogP contribution in [-0.2, 0) is 0 Å². The van der Waals surface area contributed by atoms with Gasteiger partial charge in [0.1, 0.15) is 6.10 Å². The molecular weight excluding hydrogens is 110 g/mol. The van der Waals surface area contributed by atoms with E-state index in [2.05, 4.69) is 0 Å². The molecule has 0 aromatic heterocycles. The zero-order chi connectivity index (χ0) is 5.28. The molecular formula is C4H7NOS. The van der Waals surface area contributed by atoms with E-state index in [1.807, 2.05) is 0 Å². The van der Waals surface area contributed by atoms with Crippen LogP contribution in [0.2, 0.25) is 0 Å². The van der Waals surface area contributed by atoms with Crippen LogP contribution in [0.4, 0.5) is 0 Å². The molecule has 0 amide bonds. The predicted octanol–water partition coefficient (Wildman–Crippen LogP) is 0.461. The molecule has 1 rings (SSSR count). The molecule has 1 aliphatic rings. The molecule has 1 unspecified atom stereocenters. The molecule has 0 spiro atoms. The van der Waals surface area contributed by atoms with Crippen molar-refractivity contribution in [2.24, 2.45) is 0 Å². The Hall–Kier alpha value is -0.0200. The quantitative estimate of drug-likeness (QED) is 0.484. The van der Waals surface area contributed by atoms with E-state index in [0.717, 1.165) is 12.2 Å². The van der Waals surface area contributed by atoms with Crippen LogP contribution < -0.4 is 0 Å². The minimum atomic E-state index is -0.440. The molecule has 0 aromatic rings. The number of hydrogen-bond donors (Lipinski definition) is 2. The maximum atomic E-state index is 8.75. The van der Waals surface area contributed by atoms with Crippen molar-refractivity contribution in [1.29, 1.82) is 5.41 Å². The zero-order valence-corrected chi connectivity index (χ0v) is 4.66. The summed E-state index contributed by atoms with van der Waals surface area (Å²) in [6.07, 6.45) is 0.328. The van der Waals surface area contributed by atoms with Crippen LogP contribution >= 0.6 is 11.8 Å². The third kappa shape index (κ3) is 0.951. The van der Waals surface area contributed by atoms with E-state index in [-0.39, 0.29) is 0 Å². The summed E-state index contributed by atoms with van der Waals surface area (Å²) < 4.78 is 0. The van der Waals surface area contributed by atoms with Gasteiger partial charge in [0.25, 0.3) is 0 Å². The van der Waals surface area contributed by atoms with Crippen LogP contribution in [0.15, 0.2) is 0 Å². The third-order valence-electron chi connectivity index (χ3n) is 0.952. The number of aliphatic hydroxyl groups excluding tert-OH is 1. The third-order valence-corrected chi connectivity index (χ3v) is 1.97. The molecule has 0 bridgehead atoms. The van der Waals surface area contributed by atoms with Gasteiger partial charge in [0, 0.05) is 5.75 Å². The average molecular weight is 117 g/mol. The van der Waals surface area contributed by atoms with Crippen molar-refractivity contribution in [2.75, 3.05) is 5.75 Å². The van der Waals surface area contributed by atoms with Crippen LogP contribution in [0.5, 0.6) is 0 Å². The molecule has 0 aliphatic carbocycles. The molecule has 1 saturated heterocycles. The van der Waals surface area contributed by atoms with Gasteiger partial charge in [0.2, 0.25) is 0 Å². The average Bonchev–Trinajstić information content (AvgIpc) is 1.91. The van der Waals surface area contributed by atoms with Crippen LogP contribution in [0.3, 0.4) is 0 Å². The van der Waals surface area contributed by atoms with Gasteiger partial charge < -0.3 is 5.11 Å². The first-order chi connectivity index (χ1) is 3.30. The van der Waals surface area contributed by atoms with Crippen LogP contribution in [0.25, 0.3) is 0 Å². The highest BCUT2D eigenvalue weighted by atomic mass is 32.2. The Morgan fingerprint density at radius 2 is 2.57 bits per heavy atom. The molecule has 1 fully saturated rings. The van der Waals surface area contributed by atoms with Gasteiger partial charge in [-0.3, -0.25) is 5.41 Å². The van der Waals surface area contributed by atoms with Crippen molar-refractivity contribution in [3.8, 4) is 0 Å². The van der Waals surface area contributed by atoms with Crippen molar-refractivity contribution < 1.29 is 5.11 Å². The number of nitrogens with one attached hydrogen (secondary N) is 1. The lowest BCUT2D eigenvalue weighted by Gasteiger charge is -1.93. The summed E-state index contributed by atoms with van der Waals surface area (Å²) >= 11 is 1.44. The van der Waals surface area contributed by atoms with Crippen molar-refractivity contribution in [3.63, 3.8) is 0 Å². The lowest BCUT2D eigenvalue weighted by atomic mass is 10.3. The predicted molar refractivity (Wildman–Crippen MR) is 30.8 cm³/mol. The maximum Gasteiger partial charge on any atom is 0.102 e. The fourth-order valence-corrected chi connectivity index (χ4v) is 1.38. The summed E-state index contributed by atoms with van der Waals surface area (Å²) in [6, 6.07) is 0. The van der Waals surface area contributed by atoms with Gasteiger partial charge in [-0.05, 0) is 6.42 Å². The van der Waals surface area contributed by atoms with Gasteiger partial charge in [-0.25, -0.2) is 0 Å². The normalized spacial score (nSPS) is 31.6. The second-order valence-corrected chi connectivity index (χ2v) is 2.65. The van der Waals surface area contributed by atoms with Crippen molar-refractivity contribution in [1.82, 2.24) is 0 Å². The molecule has 1 aliphatic heterocycles. The van der Waals surface area contributed by atoms with Gasteiger partial charge in [-0.1, -0.05) is 0 Å². The fraction of sp³-hybridized carbons (Fsp3) is 0.750. The second kappa shape index (κ2) is 1.84. The highest BCUT2D eigenvalue weighted by Crippen LogP contribution is 2.18. The number of thioether (sulfide) groups is 1. The minimum Gasteiger partial charge on any atom is -0.386 e. The van der Waals surface area contributed by atoms with E-state index in [1.165, 1.54) is 11.8 Å². The Morgan fingerprint density at radius 3 is 2.71 bits per heavy atom. The monoisotopic (exact) mass is 117 g/mol. The molecule has 40 valence electrons. The maximum absolute atomic E-state index is 8.75. The lowest BCUT2D eigenvalue weighted by molar-refractivity contribution is 0.244. The largest absolute Gasteiger partial charge is 0.386 e. The van der Waals surface area contributed by atoms with Crippen LogP contribution in [0, 0.1) is 5.41 Å². The van der Waals surface area contributed by atoms with Gasteiger partial charge in [-0.15, -0.1) is 11.8 Å². The first-order valence-electron chi connectivity index (χ1n) is 2.20. The molecule has 0 aromatic carbocycles.